The number of aromatic nitrogens is 6. The number of rotatable bonds is 5. The molecule has 4 aromatic rings. The van der Waals surface area contributed by atoms with Crippen LogP contribution in [0.1, 0.15) is 11.3 Å². The largest absolute Gasteiger partial charge is 0.432 e. The highest BCUT2D eigenvalue weighted by atomic mass is 19.3. The molecule has 11 heteroatoms. The van der Waals surface area contributed by atoms with Crippen molar-refractivity contribution in [1.82, 2.24) is 29.6 Å². The highest BCUT2D eigenvalue weighted by Crippen LogP contribution is 2.22. The molecule has 4 aromatic heterocycles. The maximum atomic E-state index is 12.8. The molecule has 0 radical (unpaired) electrons. The zero-order valence-electron chi connectivity index (χ0n) is 15.7. The smallest absolute Gasteiger partial charge is 0.406 e. The van der Waals surface area contributed by atoms with E-state index in [9.17, 15) is 13.6 Å². The first-order chi connectivity index (χ1) is 14.5. The van der Waals surface area contributed by atoms with Crippen molar-refractivity contribution in [1.29, 1.82) is 0 Å². The van der Waals surface area contributed by atoms with Crippen molar-refractivity contribution in [2.45, 2.75) is 19.8 Å². The predicted molar refractivity (Wildman–Crippen MR) is 103 cm³/mol. The van der Waals surface area contributed by atoms with Gasteiger partial charge >= 0.3 is 6.09 Å². The van der Waals surface area contributed by atoms with Crippen LogP contribution in [-0.4, -0.2) is 42.1 Å². The lowest BCUT2D eigenvalue weighted by Gasteiger charge is -2.10. The minimum atomic E-state index is -2.52. The molecule has 0 saturated carbocycles. The Kier molecular flexibility index (Phi) is 5.24. The SMILES string of the molecule is Cc1nc(-c2ncccn2)ncc1OC(=O)Nn1cc(CC(F)F)c2cnccc21. The van der Waals surface area contributed by atoms with E-state index in [-0.39, 0.29) is 5.75 Å². The molecule has 1 amide bonds. The van der Waals surface area contributed by atoms with Crippen LogP contribution in [0.3, 0.4) is 0 Å². The number of carbonyl (C=O) groups excluding carboxylic acids is 1. The monoisotopic (exact) mass is 411 g/mol. The number of halogens is 2. The Balaban J connectivity index is 1.53. The Hall–Kier alpha value is -4.02. The summed E-state index contributed by atoms with van der Waals surface area (Å²) in [7, 11) is 0. The van der Waals surface area contributed by atoms with E-state index in [0.717, 1.165) is 0 Å². The van der Waals surface area contributed by atoms with Gasteiger partial charge in [0.1, 0.15) is 0 Å². The standard InChI is InChI=1S/C19H15F2N7O2/c1-11-15(9-25-18(26-11)17-23-4-2-5-24-17)30-19(29)27-28-10-12(7-16(20)21)13-8-22-6-3-14(13)28/h2-6,8-10,16H,7H2,1H3,(H,27,29). The fraction of sp³-hybridized carbons (Fsp3) is 0.158. The number of aryl methyl sites for hydroxylation is 1. The fourth-order valence-electron chi connectivity index (χ4n) is 2.86. The zero-order chi connectivity index (χ0) is 21.1. The van der Waals surface area contributed by atoms with Crippen molar-refractivity contribution in [3.05, 3.63) is 60.6 Å². The van der Waals surface area contributed by atoms with Crippen molar-refractivity contribution < 1.29 is 18.3 Å². The number of ether oxygens (including phenoxy) is 1. The molecule has 9 nitrogen and oxygen atoms in total. The summed E-state index contributed by atoms with van der Waals surface area (Å²) < 4.78 is 32.3. The number of amides is 1. The third-order valence-corrected chi connectivity index (χ3v) is 4.18. The van der Waals surface area contributed by atoms with E-state index in [1.54, 1.807) is 31.5 Å². The third kappa shape index (κ3) is 4.04. The van der Waals surface area contributed by atoms with E-state index in [1.165, 1.54) is 29.5 Å². The molecule has 0 unspecified atom stereocenters. The van der Waals surface area contributed by atoms with Crippen molar-refractivity contribution in [2.24, 2.45) is 0 Å². The third-order valence-electron chi connectivity index (χ3n) is 4.18. The first kappa shape index (κ1) is 19.3. The lowest BCUT2D eigenvalue weighted by Crippen LogP contribution is -2.25. The number of nitrogens with one attached hydrogen (secondary N) is 1. The summed E-state index contributed by atoms with van der Waals surface area (Å²) in [6.07, 6.45) is 5.05. The maximum Gasteiger partial charge on any atom is 0.432 e. The first-order valence-electron chi connectivity index (χ1n) is 8.83. The van der Waals surface area contributed by atoms with E-state index < -0.39 is 18.9 Å². The van der Waals surface area contributed by atoms with Crippen LogP contribution in [0.15, 0.2) is 49.3 Å². The van der Waals surface area contributed by atoms with Crippen molar-refractivity contribution in [2.75, 3.05) is 5.43 Å². The Morgan fingerprint density at radius 1 is 1.17 bits per heavy atom. The van der Waals surface area contributed by atoms with E-state index in [2.05, 4.69) is 30.3 Å². The highest BCUT2D eigenvalue weighted by molar-refractivity contribution is 5.87. The minimum Gasteiger partial charge on any atom is -0.406 e. The molecule has 0 atom stereocenters. The Morgan fingerprint density at radius 3 is 2.70 bits per heavy atom. The Labute approximate surface area is 168 Å². The molecule has 0 aromatic carbocycles. The van der Waals surface area contributed by atoms with Gasteiger partial charge in [-0.3, -0.25) is 9.66 Å². The second-order valence-electron chi connectivity index (χ2n) is 6.23. The van der Waals surface area contributed by atoms with Crippen LogP contribution in [0.4, 0.5) is 13.6 Å². The van der Waals surface area contributed by atoms with Crippen LogP contribution in [-0.2, 0) is 6.42 Å². The van der Waals surface area contributed by atoms with Crippen LogP contribution >= 0.6 is 0 Å². The fourth-order valence-corrected chi connectivity index (χ4v) is 2.86. The molecule has 30 heavy (non-hydrogen) atoms. The number of alkyl halides is 2. The van der Waals surface area contributed by atoms with Gasteiger partial charge in [-0.2, -0.15) is 0 Å². The van der Waals surface area contributed by atoms with E-state index in [4.69, 9.17) is 4.74 Å². The summed E-state index contributed by atoms with van der Waals surface area (Å²) in [5.41, 5.74) is 3.79. The molecule has 4 heterocycles. The molecule has 0 saturated heterocycles. The van der Waals surface area contributed by atoms with Gasteiger partial charge in [0.25, 0.3) is 0 Å². The lowest BCUT2D eigenvalue weighted by atomic mass is 10.2. The van der Waals surface area contributed by atoms with Crippen molar-refractivity contribution in [3.63, 3.8) is 0 Å². The van der Waals surface area contributed by atoms with Gasteiger partial charge in [0.15, 0.2) is 17.4 Å². The molecule has 4 rings (SSSR count). The highest BCUT2D eigenvalue weighted by Gasteiger charge is 2.16. The zero-order valence-corrected chi connectivity index (χ0v) is 15.7. The van der Waals surface area contributed by atoms with E-state index >= 15 is 0 Å². The number of pyridine rings is 1. The molecular formula is C19H15F2N7O2. The van der Waals surface area contributed by atoms with Gasteiger partial charge in [-0.15, -0.1) is 0 Å². The van der Waals surface area contributed by atoms with Crippen molar-refractivity contribution in [3.8, 4) is 17.4 Å². The molecule has 152 valence electrons. The molecular weight excluding hydrogens is 396 g/mol. The van der Waals surface area contributed by atoms with Crippen LogP contribution in [0.2, 0.25) is 0 Å². The number of hydrogen-bond donors (Lipinski definition) is 1. The van der Waals surface area contributed by atoms with Crippen LogP contribution < -0.4 is 10.2 Å². The van der Waals surface area contributed by atoms with Gasteiger partial charge in [-0.05, 0) is 24.6 Å². The summed E-state index contributed by atoms with van der Waals surface area (Å²) in [6.45, 7) is 1.65. The van der Waals surface area contributed by atoms with E-state index in [0.29, 0.717) is 33.8 Å². The second-order valence-corrected chi connectivity index (χ2v) is 6.23. The number of fused-ring (bicyclic) bond motifs is 1. The average molecular weight is 411 g/mol. The molecule has 1 N–H and O–H groups in total. The summed E-state index contributed by atoms with van der Waals surface area (Å²) >= 11 is 0. The summed E-state index contributed by atoms with van der Waals surface area (Å²) in [6, 6.07) is 3.28. The normalized spacial score (nSPS) is 11.1. The summed E-state index contributed by atoms with van der Waals surface area (Å²) in [4.78, 5) is 32.8. The number of carbonyl (C=O) groups is 1. The second kappa shape index (κ2) is 8.15. The van der Waals surface area contributed by atoms with E-state index in [1.807, 2.05) is 0 Å². The Morgan fingerprint density at radius 2 is 1.97 bits per heavy atom. The molecule has 0 spiro atoms. The van der Waals surface area contributed by atoms with Gasteiger partial charge in [0, 0.05) is 42.8 Å². The lowest BCUT2D eigenvalue weighted by molar-refractivity contribution is 0.149. The average Bonchev–Trinajstić information content (AvgIpc) is 3.07. The Bertz CT molecular complexity index is 1200. The summed E-state index contributed by atoms with van der Waals surface area (Å²) in [5.74, 6) is 0.773. The topological polar surface area (TPSA) is 108 Å². The molecule has 0 aliphatic rings. The van der Waals surface area contributed by atoms with Gasteiger partial charge in [0.2, 0.25) is 6.43 Å². The van der Waals surface area contributed by atoms with Gasteiger partial charge in [-0.25, -0.2) is 38.9 Å². The van der Waals surface area contributed by atoms with Gasteiger partial charge < -0.3 is 4.74 Å². The minimum absolute atomic E-state index is 0.137. The molecule has 0 aliphatic carbocycles. The molecule has 0 bridgehead atoms. The van der Waals surface area contributed by atoms with Gasteiger partial charge in [-0.1, -0.05) is 0 Å². The molecule has 0 fully saturated rings. The summed E-state index contributed by atoms with van der Waals surface area (Å²) in [5, 5.41) is 0.518. The van der Waals surface area contributed by atoms with Gasteiger partial charge in [0.05, 0.1) is 17.4 Å². The number of nitrogens with zero attached hydrogens (tertiary/aromatic N) is 6. The maximum absolute atomic E-state index is 12.8. The van der Waals surface area contributed by atoms with Crippen LogP contribution in [0.5, 0.6) is 5.75 Å². The number of hydrogen-bond acceptors (Lipinski definition) is 7. The van der Waals surface area contributed by atoms with Crippen LogP contribution in [0, 0.1) is 6.92 Å². The first-order valence-corrected chi connectivity index (χ1v) is 8.83. The predicted octanol–water partition coefficient (Wildman–Crippen LogP) is 3.14. The quantitative estimate of drug-likeness (QED) is 0.537. The van der Waals surface area contributed by atoms with Crippen molar-refractivity contribution >= 4 is 17.0 Å². The molecule has 0 aliphatic heterocycles. The van der Waals surface area contributed by atoms with Crippen LogP contribution in [0.25, 0.3) is 22.6 Å².